The van der Waals surface area contributed by atoms with Gasteiger partial charge in [-0.2, -0.15) is 0 Å². The monoisotopic (exact) mass is 477 g/mol. The zero-order chi connectivity index (χ0) is 24.4. The number of hydrogen-bond donors (Lipinski definition) is 0. The fraction of sp³-hybridized carbons (Fsp3) is 0.0286. The first kappa shape index (κ1) is 22.3. The van der Waals surface area contributed by atoms with Crippen LogP contribution in [0.15, 0.2) is 140 Å². The van der Waals surface area contributed by atoms with Crippen molar-refractivity contribution in [1.29, 1.82) is 0 Å². The van der Waals surface area contributed by atoms with Crippen LogP contribution < -0.4 is 10.6 Å². The van der Waals surface area contributed by atoms with Crippen LogP contribution in [-0.2, 0) is 0 Å². The molecule has 0 saturated carbocycles. The van der Waals surface area contributed by atoms with Crippen LogP contribution in [0.3, 0.4) is 0 Å². The minimum Gasteiger partial charge on any atom is -0.0622 e. The van der Waals surface area contributed by atoms with E-state index < -0.39 is 7.26 Å². The van der Waals surface area contributed by atoms with Crippen LogP contribution >= 0.6 is 7.26 Å². The third kappa shape index (κ3) is 3.79. The highest BCUT2D eigenvalue weighted by Gasteiger charge is 2.51. The van der Waals surface area contributed by atoms with Gasteiger partial charge in [0.15, 0.2) is 0 Å². The quantitative estimate of drug-likeness (QED) is 0.185. The fourth-order valence-corrected chi connectivity index (χ4v) is 9.23. The molecule has 0 bridgehead atoms. The van der Waals surface area contributed by atoms with E-state index in [0.717, 1.165) is 11.1 Å². The lowest BCUT2D eigenvalue weighted by molar-refractivity contribution is 1.54. The molecule has 1 aliphatic rings. The summed E-state index contributed by atoms with van der Waals surface area (Å²) in [6.07, 6.45) is 0. The van der Waals surface area contributed by atoms with Gasteiger partial charge in [0.2, 0.25) is 0 Å². The molecule has 1 heterocycles. The molecule has 170 valence electrons. The molecule has 1 atom stereocenters. The summed E-state index contributed by atoms with van der Waals surface area (Å²) in [5.41, 5.74) is 7.21. The van der Waals surface area contributed by atoms with Gasteiger partial charge in [-0.3, -0.25) is 0 Å². The summed E-state index contributed by atoms with van der Waals surface area (Å²) in [4.78, 5) is 0. The van der Waals surface area contributed by atoms with Crippen LogP contribution in [0.25, 0.3) is 10.9 Å². The minimum absolute atomic E-state index is 1.03. The lowest BCUT2D eigenvalue weighted by Crippen LogP contribution is -2.20. The third-order valence-corrected chi connectivity index (χ3v) is 11.0. The van der Waals surface area contributed by atoms with Gasteiger partial charge in [0.05, 0.1) is 6.66 Å². The molecule has 0 N–H and O–H groups in total. The Balaban J connectivity index is 1.68. The molecule has 0 fully saturated rings. The maximum atomic E-state index is 3.50. The van der Waals surface area contributed by atoms with E-state index in [2.05, 4.69) is 140 Å². The van der Waals surface area contributed by atoms with Crippen LogP contribution in [0.4, 0.5) is 0 Å². The largest absolute Gasteiger partial charge is 0.120 e. The normalized spacial score (nSPS) is 16.2. The Kier molecular flexibility index (Phi) is 5.87. The van der Waals surface area contributed by atoms with Crippen molar-refractivity contribution < 1.29 is 0 Å². The zero-order valence-electron chi connectivity index (χ0n) is 20.2. The standard InChI is InChI=1S/C35H26P/c1-36(30-20-9-4-10-21-30)33-24-14-13-23-32(33)34(35(36)29-18-7-3-8-19-29)31-22-12-11-17-28(31)26-25-27-15-5-2-6-16-27/h2-24H,1H3/q+1. The highest BCUT2D eigenvalue weighted by atomic mass is 31.2. The summed E-state index contributed by atoms with van der Waals surface area (Å²) in [7, 11) is -1.88. The molecule has 0 amide bonds. The maximum absolute atomic E-state index is 3.50. The molecule has 5 aromatic rings. The van der Waals surface area contributed by atoms with Crippen molar-refractivity contribution >= 4 is 28.8 Å². The molecule has 6 rings (SSSR count). The second-order valence-corrected chi connectivity index (χ2v) is 12.6. The molecule has 0 nitrogen and oxygen atoms in total. The highest BCUT2D eigenvalue weighted by molar-refractivity contribution is 7.98. The van der Waals surface area contributed by atoms with Gasteiger partial charge in [-0.15, -0.1) is 0 Å². The Hall–Kier alpha value is -4.17. The van der Waals surface area contributed by atoms with Gasteiger partial charge in [-0.05, 0) is 36.4 Å². The van der Waals surface area contributed by atoms with Crippen LogP contribution in [0.1, 0.15) is 27.8 Å². The van der Waals surface area contributed by atoms with Gasteiger partial charge < -0.3 is 0 Å². The van der Waals surface area contributed by atoms with Crippen molar-refractivity contribution in [3.63, 3.8) is 0 Å². The smallest absolute Gasteiger partial charge is 0.0622 e. The minimum atomic E-state index is -1.88. The molecule has 5 aromatic carbocycles. The molecule has 1 heteroatoms. The van der Waals surface area contributed by atoms with Crippen molar-refractivity contribution in [3.05, 3.63) is 167 Å². The maximum Gasteiger partial charge on any atom is 0.120 e. The molecular weight excluding hydrogens is 451 g/mol. The van der Waals surface area contributed by atoms with Crippen molar-refractivity contribution in [3.8, 4) is 11.8 Å². The van der Waals surface area contributed by atoms with Gasteiger partial charge in [0.1, 0.15) is 23.2 Å². The molecule has 0 radical (unpaired) electrons. The lowest BCUT2D eigenvalue weighted by Gasteiger charge is -2.22. The first-order chi connectivity index (χ1) is 17.8. The van der Waals surface area contributed by atoms with Gasteiger partial charge in [0, 0.05) is 33.4 Å². The van der Waals surface area contributed by atoms with E-state index in [1.807, 2.05) is 18.2 Å². The average molecular weight is 478 g/mol. The van der Waals surface area contributed by atoms with E-state index in [1.54, 1.807) is 0 Å². The number of benzene rings is 5. The van der Waals surface area contributed by atoms with Crippen molar-refractivity contribution in [2.75, 3.05) is 6.66 Å². The predicted molar refractivity (Wildman–Crippen MR) is 156 cm³/mol. The Morgan fingerprint density at radius 2 is 1.06 bits per heavy atom. The molecular formula is C35H26P+. The SMILES string of the molecule is C[P+]1(c2ccccc2)C(c2ccccc2)=C(c2ccccc2C#Cc2ccccc2)c2ccccc21. The molecule has 0 aromatic heterocycles. The number of fused-ring (bicyclic) bond motifs is 1. The number of rotatable bonds is 3. The van der Waals surface area contributed by atoms with E-state index in [-0.39, 0.29) is 0 Å². The van der Waals surface area contributed by atoms with E-state index in [4.69, 9.17) is 0 Å². The van der Waals surface area contributed by atoms with E-state index >= 15 is 0 Å². The highest BCUT2D eigenvalue weighted by Crippen LogP contribution is 2.71. The first-order valence-electron chi connectivity index (χ1n) is 12.3. The van der Waals surface area contributed by atoms with Gasteiger partial charge in [0.25, 0.3) is 0 Å². The van der Waals surface area contributed by atoms with E-state index in [1.165, 1.54) is 38.2 Å². The molecule has 0 spiro atoms. The summed E-state index contributed by atoms with van der Waals surface area (Å²) in [6.45, 7) is 2.48. The Labute approximate surface area is 214 Å². The lowest BCUT2D eigenvalue weighted by atomic mass is 9.92. The van der Waals surface area contributed by atoms with E-state index in [9.17, 15) is 0 Å². The van der Waals surface area contributed by atoms with Crippen LogP contribution in [0.5, 0.6) is 0 Å². The summed E-state index contributed by atoms with van der Waals surface area (Å²) < 4.78 is 0. The molecule has 0 aliphatic carbocycles. The topological polar surface area (TPSA) is 0 Å². The fourth-order valence-electron chi connectivity index (χ4n) is 5.28. The predicted octanol–water partition coefficient (Wildman–Crippen LogP) is 7.61. The second-order valence-electron chi connectivity index (χ2n) is 9.11. The number of hydrogen-bond acceptors (Lipinski definition) is 0. The third-order valence-electron chi connectivity index (χ3n) is 6.97. The first-order valence-corrected chi connectivity index (χ1v) is 14.5. The molecule has 1 aliphatic heterocycles. The second kappa shape index (κ2) is 9.47. The Bertz CT molecular complexity index is 1620. The molecule has 0 saturated heterocycles. The summed E-state index contributed by atoms with van der Waals surface area (Å²) in [5, 5.41) is 4.28. The molecule has 36 heavy (non-hydrogen) atoms. The van der Waals surface area contributed by atoms with Gasteiger partial charge in [-0.1, -0.05) is 115 Å². The molecule has 1 unspecified atom stereocenters. The average Bonchev–Trinajstić information content (AvgIpc) is 3.23. The zero-order valence-corrected chi connectivity index (χ0v) is 21.1. The van der Waals surface area contributed by atoms with Crippen LogP contribution in [0, 0.1) is 11.8 Å². The summed E-state index contributed by atoms with van der Waals surface area (Å²) in [6, 6.07) is 49.8. The Morgan fingerprint density at radius 3 is 1.78 bits per heavy atom. The summed E-state index contributed by atoms with van der Waals surface area (Å²) >= 11 is 0. The van der Waals surface area contributed by atoms with E-state index in [0.29, 0.717) is 0 Å². The van der Waals surface area contributed by atoms with Gasteiger partial charge >= 0.3 is 0 Å². The van der Waals surface area contributed by atoms with Crippen molar-refractivity contribution in [2.45, 2.75) is 0 Å². The van der Waals surface area contributed by atoms with Crippen LogP contribution in [-0.4, -0.2) is 6.66 Å². The van der Waals surface area contributed by atoms with Crippen molar-refractivity contribution in [2.24, 2.45) is 0 Å². The summed E-state index contributed by atoms with van der Waals surface area (Å²) in [5.74, 6) is 6.90. The Morgan fingerprint density at radius 1 is 0.500 bits per heavy atom. The van der Waals surface area contributed by atoms with Gasteiger partial charge in [-0.25, -0.2) is 0 Å². The van der Waals surface area contributed by atoms with Crippen molar-refractivity contribution in [1.82, 2.24) is 0 Å². The van der Waals surface area contributed by atoms with Crippen LogP contribution in [0.2, 0.25) is 0 Å².